The van der Waals surface area contributed by atoms with Crippen LogP contribution in [0.5, 0.6) is 0 Å². The van der Waals surface area contributed by atoms with Crippen molar-refractivity contribution in [1.82, 2.24) is 0 Å². The smallest absolute Gasteiger partial charge is 0.393 e. The topological polar surface area (TPSA) is 18.5 Å². The van der Waals surface area contributed by atoms with Gasteiger partial charge in [-0.3, -0.25) is 0 Å². The first-order valence-electron chi connectivity index (χ1n) is 3.38. The van der Waals surface area contributed by atoms with Crippen molar-refractivity contribution in [3.63, 3.8) is 0 Å². The van der Waals surface area contributed by atoms with Gasteiger partial charge in [0.1, 0.15) is 0 Å². The Bertz CT molecular complexity index is 108. The van der Waals surface area contributed by atoms with Gasteiger partial charge in [0, 0.05) is 14.2 Å². The van der Waals surface area contributed by atoms with Gasteiger partial charge in [-0.15, -0.1) is 0 Å². The molecule has 0 aliphatic carbocycles. The van der Waals surface area contributed by atoms with E-state index in [0.29, 0.717) is 0 Å². The molecule has 0 rings (SSSR count). The molecule has 0 N–H and O–H groups in total. The summed E-state index contributed by atoms with van der Waals surface area (Å²) in [7, 11) is 2.27. The predicted molar refractivity (Wildman–Crippen MR) is 43.8 cm³/mol. The molecule has 0 aliphatic rings. The van der Waals surface area contributed by atoms with Crippen molar-refractivity contribution in [3.05, 3.63) is 11.3 Å². The van der Waals surface area contributed by atoms with Crippen molar-refractivity contribution in [1.29, 1.82) is 0 Å². The Morgan fingerprint density at radius 2 is 1.90 bits per heavy atom. The predicted octanol–water partition coefficient (Wildman–Crippen LogP) is 1.66. The maximum Gasteiger partial charge on any atom is 0.418 e. The quantitative estimate of drug-likeness (QED) is 0.581. The Morgan fingerprint density at radius 3 is 2.20 bits per heavy atom. The van der Waals surface area contributed by atoms with Gasteiger partial charge >= 0.3 is 9.28 Å². The maximum atomic E-state index is 5.13. The highest BCUT2D eigenvalue weighted by molar-refractivity contribution is 6.53. The van der Waals surface area contributed by atoms with E-state index in [-0.39, 0.29) is 0 Å². The van der Waals surface area contributed by atoms with Gasteiger partial charge in [-0.1, -0.05) is 13.0 Å². The van der Waals surface area contributed by atoms with Crippen LogP contribution in [0.4, 0.5) is 0 Å². The Labute approximate surface area is 64.7 Å². The van der Waals surface area contributed by atoms with Crippen LogP contribution >= 0.6 is 0 Å². The van der Waals surface area contributed by atoms with Gasteiger partial charge in [-0.25, -0.2) is 0 Å². The zero-order valence-corrected chi connectivity index (χ0v) is 8.10. The molecule has 0 fully saturated rings. The van der Waals surface area contributed by atoms with Crippen molar-refractivity contribution in [3.8, 4) is 0 Å². The van der Waals surface area contributed by atoms with Crippen molar-refractivity contribution in [2.75, 3.05) is 14.2 Å². The molecule has 10 heavy (non-hydrogen) atoms. The van der Waals surface area contributed by atoms with E-state index in [1.165, 1.54) is 5.20 Å². The zero-order valence-electron chi connectivity index (χ0n) is 7.10. The minimum Gasteiger partial charge on any atom is -0.393 e. The number of hydrogen-bond donors (Lipinski definition) is 0. The SMILES string of the molecule is CC/C=C(\C)[Si](OC)OC. The standard InChI is InChI=1S/C7H15O2Si/c1-5-6-7(2)10(8-3)9-4/h6H,5H2,1-4H3/b7-6+. The van der Waals surface area contributed by atoms with Crippen LogP contribution < -0.4 is 0 Å². The van der Waals surface area contributed by atoms with Gasteiger partial charge in [-0.05, 0) is 18.5 Å². The molecule has 0 atom stereocenters. The van der Waals surface area contributed by atoms with E-state index in [2.05, 4.69) is 13.0 Å². The highest BCUT2D eigenvalue weighted by atomic mass is 28.3. The second-order valence-corrected chi connectivity index (χ2v) is 4.17. The van der Waals surface area contributed by atoms with Crippen LogP contribution in [0.3, 0.4) is 0 Å². The van der Waals surface area contributed by atoms with E-state index < -0.39 is 9.28 Å². The Kier molecular flexibility index (Phi) is 5.58. The van der Waals surface area contributed by atoms with E-state index in [0.717, 1.165) is 6.42 Å². The van der Waals surface area contributed by atoms with Crippen LogP contribution in [0.25, 0.3) is 0 Å². The fourth-order valence-electron chi connectivity index (χ4n) is 0.795. The lowest BCUT2D eigenvalue weighted by Crippen LogP contribution is -2.20. The van der Waals surface area contributed by atoms with E-state index >= 15 is 0 Å². The van der Waals surface area contributed by atoms with Crippen LogP contribution in [0, 0.1) is 0 Å². The molecule has 0 aromatic heterocycles. The summed E-state index contributed by atoms with van der Waals surface area (Å²) in [4.78, 5) is 0. The van der Waals surface area contributed by atoms with Crippen molar-refractivity contribution < 1.29 is 8.85 Å². The Balaban J connectivity index is 3.87. The molecule has 0 unspecified atom stereocenters. The summed E-state index contributed by atoms with van der Waals surface area (Å²) in [6, 6.07) is 0. The lowest BCUT2D eigenvalue weighted by Gasteiger charge is -2.08. The highest BCUT2D eigenvalue weighted by Crippen LogP contribution is 2.01. The van der Waals surface area contributed by atoms with Crippen molar-refractivity contribution >= 4 is 9.28 Å². The summed E-state index contributed by atoms with van der Waals surface area (Å²) in [5, 5.41) is 1.23. The molecular formula is C7H15O2Si. The zero-order chi connectivity index (χ0) is 7.98. The second kappa shape index (κ2) is 5.65. The fourth-order valence-corrected chi connectivity index (χ4v) is 1.98. The maximum absolute atomic E-state index is 5.13. The summed E-state index contributed by atoms with van der Waals surface area (Å²) in [6.45, 7) is 4.15. The number of rotatable bonds is 4. The van der Waals surface area contributed by atoms with E-state index in [9.17, 15) is 0 Å². The average molecular weight is 159 g/mol. The van der Waals surface area contributed by atoms with Gasteiger partial charge in [0.25, 0.3) is 0 Å². The summed E-state index contributed by atoms with van der Waals surface area (Å²) in [6.07, 6.45) is 3.19. The minimum absolute atomic E-state index is 1.05. The van der Waals surface area contributed by atoms with Crippen LogP contribution in [0.2, 0.25) is 0 Å². The van der Waals surface area contributed by atoms with Gasteiger partial charge < -0.3 is 8.85 Å². The lowest BCUT2D eigenvalue weighted by atomic mass is 10.4. The van der Waals surface area contributed by atoms with Gasteiger partial charge in [-0.2, -0.15) is 0 Å². The monoisotopic (exact) mass is 159 g/mol. The van der Waals surface area contributed by atoms with Gasteiger partial charge in [0.05, 0.1) is 0 Å². The number of hydrogen-bond acceptors (Lipinski definition) is 2. The summed E-state index contributed by atoms with van der Waals surface area (Å²) >= 11 is 0. The van der Waals surface area contributed by atoms with E-state index in [1.54, 1.807) is 14.2 Å². The summed E-state index contributed by atoms with van der Waals surface area (Å²) in [5.74, 6) is 0. The molecule has 1 radical (unpaired) electrons. The first-order chi connectivity index (χ1) is 4.76. The van der Waals surface area contributed by atoms with Crippen LogP contribution in [0.1, 0.15) is 20.3 Å². The van der Waals surface area contributed by atoms with Crippen molar-refractivity contribution in [2.24, 2.45) is 0 Å². The van der Waals surface area contributed by atoms with Crippen LogP contribution in [0.15, 0.2) is 11.3 Å². The minimum atomic E-state index is -1.10. The molecule has 0 saturated heterocycles. The molecular weight excluding hydrogens is 144 g/mol. The molecule has 0 heterocycles. The molecule has 0 amide bonds. The van der Waals surface area contributed by atoms with Gasteiger partial charge in [0.2, 0.25) is 0 Å². The normalized spacial score (nSPS) is 12.7. The Morgan fingerprint density at radius 1 is 1.40 bits per heavy atom. The molecule has 0 spiro atoms. The Hall–Kier alpha value is -0.123. The van der Waals surface area contributed by atoms with E-state index in [1.807, 2.05) is 6.92 Å². The fraction of sp³-hybridized carbons (Fsp3) is 0.714. The average Bonchev–Trinajstić information content (AvgIpc) is 1.91. The third-order valence-corrected chi connectivity index (χ3v) is 2.79. The number of allylic oxidation sites excluding steroid dienone is 2. The van der Waals surface area contributed by atoms with Crippen LogP contribution in [-0.2, 0) is 8.85 Å². The molecule has 3 heteroatoms. The first-order valence-corrected chi connectivity index (χ1v) is 4.70. The molecule has 0 bridgehead atoms. The largest absolute Gasteiger partial charge is 0.418 e. The molecule has 2 nitrogen and oxygen atoms in total. The summed E-state index contributed by atoms with van der Waals surface area (Å²) in [5.41, 5.74) is 0. The van der Waals surface area contributed by atoms with E-state index in [4.69, 9.17) is 8.85 Å². The summed E-state index contributed by atoms with van der Waals surface area (Å²) < 4.78 is 10.3. The third kappa shape index (κ3) is 3.15. The van der Waals surface area contributed by atoms with Crippen LogP contribution in [-0.4, -0.2) is 23.5 Å². The molecule has 0 aromatic carbocycles. The van der Waals surface area contributed by atoms with Gasteiger partial charge in [0.15, 0.2) is 0 Å². The molecule has 59 valence electrons. The lowest BCUT2D eigenvalue weighted by molar-refractivity contribution is 0.287. The third-order valence-electron chi connectivity index (χ3n) is 1.20. The first kappa shape index (κ1) is 9.88. The van der Waals surface area contributed by atoms with Crippen molar-refractivity contribution in [2.45, 2.75) is 20.3 Å². The molecule has 0 aromatic rings. The molecule has 0 saturated carbocycles. The molecule has 0 aliphatic heterocycles. The second-order valence-electron chi connectivity index (χ2n) is 1.99. The highest BCUT2D eigenvalue weighted by Gasteiger charge is 2.13.